The highest BCUT2D eigenvalue weighted by atomic mass is 32.1. The van der Waals surface area contributed by atoms with Gasteiger partial charge in [-0.2, -0.15) is 0 Å². The Morgan fingerprint density at radius 3 is 3.00 bits per heavy atom. The van der Waals surface area contributed by atoms with Crippen LogP contribution in [0.1, 0.15) is 21.1 Å². The molecule has 2 heterocycles. The van der Waals surface area contributed by atoms with E-state index in [4.69, 9.17) is 9.84 Å². The number of carboxylic acids is 1. The molecule has 0 amide bonds. The summed E-state index contributed by atoms with van der Waals surface area (Å²) in [7, 11) is 0. The molecule has 6 heteroatoms. The summed E-state index contributed by atoms with van der Waals surface area (Å²) in [5.74, 6) is -0.539. The van der Waals surface area contributed by atoms with Crippen molar-refractivity contribution in [2.75, 3.05) is 6.61 Å². The number of rotatable bonds is 5. The first-order chi connectivity index (χ1) is 8.66. The molecule has 0 radical (unpaired) electrons. The molecule has 0 aromatic carbocycles. The standard InChI is InChI=1S/C12H12N2O3S/c1-8-11(18-7-14-8)3-5-17-9-2-4-13-10(6-9)12(15)16/h2,4,6-7H,3,5H2,1H3,(H,15,16). The van der Waals surface area contributed by atoms with Crippen LogP contribution in [0.3, 0.4) is 0 Å². The fourth-order valence-corrected chi connectivity index (χ4v) is 2.21. The molecular weight excluding hydrogens is 252 g/mol. The summed E-state index contributed by atoms with van der Waals surface area (Å²) in [5, 5.41) is 8.80. The van der Waals surface area contributed by atoms with Gasteiger partial charge < -0.3 is 9.84 Å². The molecule has 0 aliphatic carbocycles. The molecule has 2 aromatic rings. The Balaban J connectivity index is 1.92. The van der Waals surface area contributed by atoms with Gasteiger partial charge in [-0.1, -0.05) is 0 Å². The van der Waals surface area contributed by atoms with Crippen LogP contribution in [-0.4, -0.2) is 27.7 Å². The van der Waals surface area contributed by atoms with Gasteiger partial charge in [-0.15, -0.1) is 11.3 Å². The molecule has 18 heavy (non-hydrogen) atoms. The Bertz CT molecular complexity index is 554. The molecule has 94 valence electrons. The lowest BCUT2D eigenvalue weighted by atomic mass is 10.3. The van der Waals surface area contributed by atoms with Gasteiger partial charge in [0.2, 0.25) is 0 Å². The minimum Gasteiger partial charge on any atom is -0.493 e. The van der Waals surface area contributed by atoms with E-state index in [2.05, 4.69) is 9.97 Å². The molecule has 0 spiro atoms. The van der Waals surface area contributed by atoms with Gasteiger partial charge >= 0.3 is 5.97 Å². The SMILES string of the molecule is Cc1ncsc1CCOc1ccnc(C(=O)O)c1. The van der Waals surface area contributed by atoms with Crippen LogP contribution in [0.2, 0.25) is 0 Å². The third-order valence-electron chi connectivity index (χ3n) is 2.39. The van der Waals surface area contributed by atoms with Crippen molar-refractivity contribution in [3.63, 3.8) is 0 Å². The second kappa shape index (κ2) is 5.59. The van der Waals surface area contributed by atoms with E-state index in [1.54, 1.807) is 22.9 Å². The normalized spacial score (nSPS) is 10.3. The highest BCUT2D eigenvalue weighted by Crippen LogP contribution is 2.15. The van der Waals surface area contributed by atoms with E-state index in [0.717, 1.165) is 12.1 Å². The van der Waals surface area contributed by atoms with Crippen molar-refractivity contribution in [1.82, 2.24) is 9.97 Å². The Morgan fingerprint density at radius 2 is 2.33 bits per heavy atom. The summed E-state index contributed by atoms with van der Waals surface area (Å²) >= 11 is 1.60. The Morgan fingerprint density at radius 1 is 1.50 bits per heavy atom. The number of hydrogen-bond donors (Lipinski definition) is 1. The quantitative estimate of drug-likeness (QED) is 0.896. The Labute approximate surface area is 108 Å². The molecular formula is C12H12N2O3S. The fourth-order valence-electron chi connectivity index (χ4n) is 1.45. The predicted molar refractivity (Wildman–Crippen MR) is 67.2 cm³/mol. The number of aromatic carboxylic acids is 1. The van der Waals surface area contributed by atoms with Crippen LogP contribution >= 0.6 is 11.3 Å². The number of thiazole rings is 1. The molecule has 2 rings (SSSR count). The van der Waals surface area contributed by atoms with Crippen molar-refractivity contribution in [1.29, 1.82) is 0 Å². The first kappa shape index (κ1) is 12.5. The van der Waals surface area contributed by atoms with Crippen LogP contribution in [0.5, 0.6) is 5.75 Å². The summed E-state index contributed by atoms with van der Waals surface area (Å²) in [6.45, 7) is 2.45. The zero-order chi connectivity index (χ0) is 13.0. The van der Waals surface area contributed by atoms with E-state index in [0.29, 0.717) is 12.4 Å². The minimum atomic E-state index is -1.06. The smallest absolute Gasteiger partial charge is 0.354 e. The summed E-state index contributed by atoms with van der Waals surface area (Å²) in [5.41, 5.74) is 2.81. The number of aromatic nitrogens is 2. The number of hydrogen-bond acceptors (Lipinski definition) is 5. The predicted octanol–water partition coefficient (Wildman–Crippen LogP) is 2.17. The monoisotopic (exact) mass is 264 g/mol. The van der Waals surface area contributed by atoms with Gasteiger partial charge in [0.05, 0.1) is 17.8 Å². The zero-order valence-corrected chi connectivity index (χ0v) is 10.6. The van der Waals surface area contributed by atoms with Crippen molar-refractivity contribution in [2.24, 2.45) is 0 Å². The molecule has 2 aromatic heterocycles. The van der Waals surface area contributed by atoms with Gasteiger partial charge in [-0.25, -0.2) is 14.8 Å². The van der Waals surface area contributed by atoms with Crippen molar-refractivity contribution in [2.45, 2.75) is 13.3 Å². The highest BCUT2D eigenvalue weighted by molar-refractivity contribution is 7.09. The maximum absolute atomic E-state index is 10.7. The minimum absolute atomic E-state index is 0.0125. The van der Waals surface area contributed by atoms with Crippen molar-refractivity contribution >= 4 is 17.3 Å². The third-order valence-corrected chi connectivity index (χ3v) is 3.39. The van der Waals surface area contributed by atoms with Gasteiger partial charge in [0.15, 0.2) is 5.69 Å². The van der Waals surface area contributed by atoms with Crippen LogP contribution in [0.4, 0.5) is 0 Å². The highest BCUT2D eigenvalue weighted by Gasteiger charge is 2.06. The lowest BCUT2D eigenvalue weighted by Crippen LogP contribution is -2.04. The van der Waals surface area contributed by atoms with Crippen molar-refractivity contribution in [3.05, 3.63) is 40.1 Å². The summed E-state index contributed by atoms with van der Waals surface area (Å²) in [6, 6.07) is 3.06. The first-order valence-corrected chi connectivity index (χ1v) is 6.26. The van der Waals surface area contributed by atoms with E-state index < -0.39 is 5.97 Å². The molecule has 0 aliphatic rings. The third kappa shape index (κ3) is 3.04. The fraction of sp³-hybridized carbons (Fsp3) is 0.250. The maximum atomic E-state index is 10.7. The van der Waals surface area contributed by atoms with E-state index in [1.165, 1.54) is 17.1 Å². The van der Waals surface area contributed by atoms with Crippen molar-refractivity contribution < 1.29 is 14.6 Å². The summed E-state index contributed by atoms with van der Waals surface area (Å²) in [6.07, 6.45) is 2.19. The average Bonchev–Trinajstić information content (AvgIpc) is 2.76. The van der Waals surface area contributed by atoms with Gasteiger partial charge in [0, 0.05) is 23.6 Å². The van der Waals surface area contributed by atoms with Gasteiger partial charge in [-0.3, -0.25) is 0 Å². The Kier molecular flexibility index (Phi) is 3.88. The summed E-state index contributed by atoms with van der Waals surface area (Å²) in [4.78, 5) is 19.8. The zero-order valence-electron chi connectivity index (χ0n) is 9.79. The van der Waals surface area contributed by atoms with Crippen LogP contribution in [0.15, 0.2) is 23.8 Å². The molecule has 0 aliphatic heterocycles. The maximum Gasteiger partial charge on any atom is 0.354 e. The lowest BCUT2D eigenvalue weighted by Gasteiger charge is -2.05. The molecule has 0 bridgehead atoms. The van der Waals surface area contributed by atoms with E-state index in [-0.39, 0.29) is 5.69 Å². The molecule has 0 fully saturated rings. The molecule has 0 unspecified atom stereocenters. The molecule has 0 saturated carbocycles. The number of aryl methyl sites for hydroxylation is 1. The van der Waals surface area contributed by atoms with Crippen molar-refractivity contribution in [3.8, 4) is 5.75 Å². The molecule has 0 atom stereocenters. The van der Waals surface area contributed by atoms with E-state index in [9.17, 15) is 4.79 Å². The molecule has 1 N–H and O–H groups in total. The lowest BCUT2D eigenvalue weighted by molar-refractivity contribution is 0.0690. The van der Waals surface area contributed by atoms with E-state index in [1.807, 2.05) is 6.92 Å². The molecule has 5 nitrogen and oxygen atoms in total. The topological polar surface area (TPSA) is 72.3 Å². The number of ether oxygens (including phenoxy) is 1. The molecule has 0 saturated heterocycles. The van der Waals surface area contributed by atoms with Crippen LogP contribution < -0.4 is 4.74 Å². The average molecular weight is 264 g/mol. The van der Waals surface area contributed by atoms with E-state index >= 15 is 0 Å². The van der Waals surface area contributed by atoms with Gasteiger partial charge in [-0.05, 0) is 13.0 Å². The second-order valence-corrected chi connectivity index (χ2v) is 4.58. The van der Waals surface area contributed by atoms with Crippen LogP contribution in [0.25, 0.3) is 0 Å². The van der Waals surface area contributed by atoms with Crippen LogP contribution in [-0.2, 0) is 6.42 Å². The summed E-state index contributed by atoms with van der Waals surface area (Å²) < 4.78 is 5.50. The first-order valence-electron chi connectivity index (χ1n) is 5.38. The number of pyridine rings is 1. The van der Waals surface area contributed by atoms with Gasteiger partial charge in [0.1, 0.15) is 5.75 Å². The number of carboxylic acid groups (broad SMARTS) is 1. The van der Waals surface area contributed by atoms with Crippen LogP contribution in [0, 0.1) is 6.92 Å². The Hall–Kier alpha value is -1.95. The largest absolute Gasteiger partial charge is 0.493 e. The number of nitrogens with zero attached hydrogens (tertiary/aromatic N) is 2. The number of carbonyl (C=O) groups is 1. The van der Waals surface area contributed by atoms with Gasteiger partial charge in [0.25, 0.3) is 0 Å². The second-order valence-electron chi connectivity index (χ2n) is 3.64.